The van der Waals surface area contributed by atoms with Gasteiger partial charge in [-0.25, -0.2) is 0 Å². The third-order valence-corrected chi connectivity index (χ3v) is 4.99. The summed E-state index contributed by atoms with van der Waals surface area (Å²) in [5.74, 6) is 1.52. The van der Waals surface area contributed by atoms with Gasteiger partial charge in [-0.1, -0.05) is 12.1 Å². The van der Waals surface area contributed by atoms with Crippen LogP contribution in [0.3, 0.4) is 0 Å². The molecule has 0 unspecified atom stereocenters. The smallest absolute Gasteiger partial charge is 0.221 e. The molecule has 0 heterocycles. The number of rotatable bonds is 6. The molecule has 2 aromatic carbocycles. The third kappa shape index (κ3) is 4.54. The van der Waals surface area contributed by atoms with Crippen molar-refractivity contribution in [2.45, 2.75) is 38.7 Å². The van der Waals surface area contributed by atoms with E-state index in [9.17, 15) is 4.79 Å². The maximum Gasteiger partial charge on any atom is 0.221 e. The van der Waals surface area contributed by atoms with E-state index >= 15 is 0 Å². The van der Waals surface area contributed by atoms with Crippen LogP contribution in [0.5, 0.6) is 11.5 Å². The molecule has 1 N–H and O–H groups in total. The minimum atomic E-state index is -0.0899. The van der Waals surface area contributed by atoms with Crippen molar-refractivity contribution in [1.29, 1.82) is 0 Å². The summed E-state index contributed by atoms with van der Waals surface area (Å²) in [6.07, 6.45) is 4.40. The van der Waals surface area contributed by atoms with E-state index in [1.807, 2.05) is 36.4 Å². The monoisotopic (exact) mass is 403 g/mol. The molecule has 3 rings (SSSR count). The highest BCUT2D eigenvalue weighted by Crippen LogP contribution is 2.36. The molecule has 2 aromatic rings. The van der Waals surface area contributed by atoms with Crippen LogP contribution in [0.4, 0.5) is 5.69 Å². The highest BCUT2D eigenvalue weighted by atomic mass is 79.9. The molecular formula is C20H22BrNO3. The number of nitrogens with one attached hydrogen (secondary N) is 1. The maximum absolute atomic E-state index is 11.6. The first-order chi connectivity index (χ1) is 12.0. The summed E-state index contributed by atoms with van der Waals surface area (Å²) in [5.41, 5.74) is 2.97. The summed E-state index contributed by atoms with van der Waals surface area (Å²) in [4.78, 5) is 11.6. The van der Waals surface area contributed by atoms with E-state index in [0.29, 0.717) is 6.42 Å². The number of halogens is 1. The van der Waals surface area contributed by atoms with Crippen LogP contribution in [0.2, 0.25) is 0 Å². The average molecular weight is 404 g/mol. The summed E-state index contributed by atoms with van der Waals surface area (Å²) in [5, 5.41) is 2.93. The molecule has 0 radical (unpaired) electrons. The van der Waals surface area contributed by atoms with Gasteiger partial charge < -0.3 is 14.8 Å². The van der Waals surface area contributed by atoms with Gasteiger partial charge in [0.15, 0.2) is 0 Å². The van der Waals surface area contributed by atoms with E-state index in [-0.39, 0.29) is 12.0 Å². The van der Waals surface area contributed by atoms with Gasteiger partial charge in [0.05, 0.1) is 17.7 Å². The first-order valence-electron chi connectivity index (χ1n) is 8.44. The minimum Gasteiger partial charge on any atom is -0.497 e. The lowest BCUT2D eigenvalue weighted by molar-refractivity contribution is -0.114. The number of hydrogen-bond acceptors (Lipinski definition) is 3. The number of benzene rings is 2. The maximum atomic E-state index is 11.6. The van der Waals surface area contributed by atoms with Crippen molar-refractivity contribution in [3.05, 3.63) is 52.0 Å². The van der Waals surface area contributed by atoms with Crippen molar-refractivity contribution in [3.8, 4) is 11.5 Å². The molecular weight excluding hydrogens is 382 g/mol. The molecule has 0 bridgehead atoms. The average Bonchev–Trinajstić information content (AvgIpc) is 2.54. The minimum absolute atomic E-state index is 0.0899. The van der Waals surface area contributed by atoms with Crippen molar-refractivity contribution < 1.29 is 14.3 Å². The Kier molecular flexibility index (Phi) is 5.63. The Morgan fingerprint density at radius 2 is 1.96 bits per heavy atom. The molecule has 4 nitrogen and oxygen atoms in total. The topological polar surface area (TPSA) is 47.6 Å². The molecule has 0 aromatic heterocycles. The Bertz CT molecular complexity index is 754. The number of carbonyl (C=O) groups excluding carboxylic acids is 1. The lowest BCUT2D eigenvalue weighted by atomic mass is 9.96. The Labute approximate surface area is 156 Å². The Morgan fingerprint density at radius 1 is 1.24 bits per heavy atom. The zero-order chi connectivity index (χ0) is 17.8. The Hall–Kier alpha value is -2.01. The van der Waals surface area contributed by atoms with Gasteiger partial charge in [-0.3, -0.25) is 4.79 Å². The number of methoxy groups -OCH3 is 1. The first-order valence-corrected chi connectivity index (χ1v) is 9.24. The Morgan fingerprint density at radius 3 is 2.52 bits per heavy atom. The molecule has 0 spiro atoms. The summed E-state index contributed by atoms with van der Waals surface area (Å²) >= 11 is 3.61. The van der Waals surface area contributed by atoms with Crippen molar-refractivity contribution in [3.63, 3.8) is 0 Å². The summed E-state index contributed by atoms with van der Waals surface area (Å²) in [6, 6.07) is 11.9. The van der Waals surface area contributed by atoms with Gasteiger partial charge in [0.25, 0.3) is 0 Å². The molecule has 1 fully saturated rings. The van der Waals surface area contributed by atoms with Gasteiger partial charge in [-0.15, -0.1) is 0 Å². The van der Waals surface area contributed by atoms with Crippen LogP contribution >= 0.6 is 15.9 Å². The predicted molar refractivity (Wildman–Crippen MR) is 103 cm³/mol. The van der Waals surface area contributed by atoms with E-state index < -0.39 is 0 Å². The van der Waals surface area contributed by atoms with Gasteiger partial charge in [0.2, 0.25) is 5.91 Å². The normalized spacial score (nSPS) is 13.9. The van der Waals surface area contributed by atoms with Crippen LogP contribution in [0.15, 0.2) is 40.9 Å². The first kappa shape index (κ1) is 17.8. The molecule has 25 heavy (non-hydrogen) atoms. The number of amides is 1. The predicted octanol–water partition coefficient (Wildman–Crippen LogP) is 4.94. The third-order valence-electron chi connectivity index (χ3n) is 4.37. The second-order valence-corrected chi connectivity index (χ2v) is 7.17. The largest absolute Gasteiger partial charge is 0.497 e. The highest BCUT2D eigenvalue weighted by Gasteiger charge is 2.21. The van der Waals surface area contributed by atoms with Gasteiger partial charge in [0, 0.05) is 18.7 Å². The fourth-order valence-electron chi connectivity index (χ4n) is 2.77. The van der Waals surface area contributed by atoms with Crippen LogP contribution in [-0.2, 0) is 11.2 Å². The van der Waals surface area contributed by atoms with Crippen LogP contribution < -0.4 is 14.8 Å². The van der Waals surface area contributed by atoms with Gasteiger partial charge in [-0.2, -0.15) is 0 Å². The standard InChI is InChI=1S/C20H22BrNO3/c1-13(23)22-19-12-20(25-17-4-3-5-17)18(21)11-15(19)10-14-6-8-16(24-2)9-7-14/h6-9,11-12,17H,3-5,10H2,1-2H3,(H,22,23). The van der Waals surface area contributed by atoms with Crippen molar-refractivity contribution >= 4 is 27.5 Å². The molecule has 0 atom stereocenters. The molecule has 5 heteroatoms. The van der Waals surface area contributed by atoms with Crippen molar-refractivity contribution in [2.24, 2.45) is 0 Å². The van der Waals surface area contributed by atoms with Crippen molar-refractivity contribution in [2.75, 3.05) is 12.4 Å². The van der Waals surface area contributed by atoms with E-state index in [1.165, 1.54) is 13.3 Å². The SMILES string of the molecule is COc1ccc(Cc2cc(Br)c(OC3CCC3)cc2NC(C)=O)cc1. The fourth-order valence-corrected chi connectivity index (χ4v) is 3.25. The second kappa shape index (κ2) is 7.91. The second-order valence-electron chi connectivity index (χ2n) is 6.32. The molecule has 1 aliphatic rings. The fraction of sp³-hybridized carbons (Fsp3) is 0.350. The number of anilines is 1. The Balaban J connectivity index is 1.86. The summed E-state index contributed by atoms with van der Waals surface area (Å²) in [6.45, 7) is 1.52. The molecule has 1 saturated carbocycles. The van der Waals surface area contributed by atoms with Crippen molar-refractivity contribution in [1.82, 2.24) is 0 Å². The quantitative estimate of drug-likeness (QED) is 0.742. The molecule has 1 amide bonds. The molecule has 1 aliphatic carbocycles. The molecule has 132 valence electrons. The number of carbonyl (C=O) groups is 1. The van der Waals surface area contributed by atoms with E-state index in [4.69, 9.17) is 9.47 Å². The van der Waals surface area contributed by atoms with Crippen LogP contribution in [0.1, 0.15) is 37.3 Å². The van der Waals surface area contributed by atoms with Gasteiger partial charge >= 0.3 is 0 Å². The zero-order valence-electron chi connectivity index (χ0n) is 14.5. The molecule has 0 saturated heterocycles. The van der Waals surface area contributed by atoms with E-state index in [2.05, 4.69) is 21.2 Å². The number of ether oxygens (including phenoxy) is 2. The van der Waals surface area contributed by atoms with Crippen LogP contribution in [-0.4, -0.2) is 19.1 Å². The molecule has 0 aliphatic heterocycles. The summed E-state index contributed by atoms with van der Waals surface area (Å²) < 4.78 is 12.1. The van der Waals surface area contributed by atoms with Gasteiger partial charge in [-0.05, 0) is 70.9 Å². The highest BCUT2D eigenvalue weighted by molar-refractivity contribution is 9.10. The van der Waals surface area contributed by atoms with Crippen LogP contribution in [0.25, 0.3) is 0 Å². The summed E-state index contributed by atoms with van der Waals surface area (Å²) in [7, 11) is 1.65. The van der Waals surface area contributed by atoms with E-state index in [1.54, 1.807) is 7.11 Å². The number of hydrogen-bond donors (Lipinski definition) is 1. The van der Waals surface area contributed by atoms with Crippen LogP contribution in [0, 0.1) is 0 Å². The van der Waals surface area contributed by atoms with Gasteiger partial charge in [0.1, 0.15) is 11.5 Å². The zero-order valence-corrected chi connectivity index (χ0v) is 16.1. The lowest BCUT2D eigenvalue weighted by Gasteiger charge is -2.27. The lowest BCUT2D eigenvalue weighted by Crippen LogP contribution is -2.24. The van der Waals surface area contributed by atoms with E-state index in [0.717, 1.165) is 45.6 Å².